The zero-order chi connectivity index (χ0) is 20.1. The van der Waals surface area contributed by atoms with Crippen LogP contribution in [-0.2, 0) is 0 Å². The molecule has 3 N–H and O–H groups in total. The molecule has 0 aromatic carbocycles. The van der Waals surface area contributed by atoms with Crippen molar-refractivity contribution in [3.05, 3.63) is 53.2 Å². The van der Waals surface area contributed by atoms with Gasteiger partial charge in [0.05, 0.1) is 21.8 Å². The van der Waals surface area contributed by atoms with E-state index in [1.165, 1.54) is 15.4 Å². The third-order valence-electron chi connectivity index (χ3n) is 5.96. The molecule has 1 aliphatic heterocycles. The van der Waals surface area contributed by atoms with Crippen LogP contribution in [0.25, 0.3) is 43.9 Å². The molecule has 1 fully saturated rings. The lowest BCUT2D eigenvalue weighted by atomic mass is 9.94. The number of aromatic nitrogens is 5. The van der Waals surface area contributed by atoms with Gasteiger partial charge in [0.15, 0.2) is 0 Å². The molecule has 0 spiro atoms. The Labute approximate surface area is 177 Å². The van der Waals surface area contributed by atoms with Crippen LogP contribution in [0.3, 0.4) is 0 Å². The van der Waals surface area contributed by atoms with Crippen LogP contribution in [0.5, 0.6) is 0 Å². The Morgan fingerprint density at radius 3 is 2.73 bits per heavy atom. The lowest BCUT2D eigenvalue weighted by Gasteiger charge is -2.22. The highest BCUT2D eigenvalue weighted by Gasteiger charge is 2.20. The molecule has 0 unspecified atom stereocenters. The number of piperidine rings is 1. The highest BCUT2D eigenvalue weighted by molar-refractivity contribution is 7.15. The van der Waals surface area contributed by atoms with Crippen LogP contribution in [0.2, 0.25) is 0 Å². The minimum absolute atomic E-state index is 0.513. The van der Waals surface area contributed by atoms with Gasteiger partial charge in [0.25, 0.3) is 0 Å². The van der Waals surface area contributed by atoms with Crippen molar-refractivity contribution < 1.29 is 0 Å². The van der Waals surface area contributed by atoms with E-state index in [0.29, 0.717) is 5.92 Å². The van der Waals surface area contributed by atoms with E-state index < -0.39 is 0 Å². The summed E-state index contributed by atoms with van der Waals surface area (Å²) < 4.78 is 0. The topological polar surface area (TPSA) is 82.3 Å². The van der Waals surface area contributed by atoms with E-state index in [1.54, 1.807) is 11.3 Å². The van der Waals surface area contributed by atoms with Gasteiger partial charge in [-0.2, -0.15) is 5.10 Å². The lowest BCUT2D eigenvalue weighted by Crippen LogP contribution is -2.27. The van der Waals surface area contributed by atoms with Crippen molar-refractivity contribution in [2.45, 2.75) is 25.7 Å². The van der Waals surface area contributed by atoms with Crippen LogP contribution in [0.15, 0.2) is 42.6 Å². The van der Waals surface area contributed by atoms with E-state index >= 15 is 0 Å². The minimum Gasteiger partial charge on any atom is -0.353 e. The van der Waals surface area contributed by atoms with Gasteiger partial charge in [-0.15, -0.1) is 11.3 Å². The Morgan fingerprint density at radius 1 is 1.00 bits per heavy atom. The van der Waals surface area contributed by atoms with Gasteiger partial charge in [-0.25, -0.2) is 4.98 Å². The molecule has 1 saturated heterocycles. The average molecular weight is 415 g/mol. The summed E-state index contributed by atoms with van der Waals surface area (Å²) >= 11 is 1.77. The number of pyridine rings is 2. The molecule has 0 radical (unpaired) electrons. The molecule has 0 bridgehead atoms. The van der Waals surface area contributed by atoms with Gasteiger partial charge < -0.3 is 10.3 Å². The molecule has 1 aliphatic rings. The van der Waals surface area contributed by atoms with Crippen LogP contribution in [0.4, 0.5) is 0 Å². The summed E-state index contributed by atoms with van der Waals surface area (Å²) in [5.74, 6) is 0.513. The highest BCUT2D eigenvalue weighted by atomic mass is 32.1. The van der Waals surface area contributed by atoms with Crippen molar-refractivity contribution in [2.24, 2.45) is 0 Å². The molecule has 7 heteroatoms. The smallest absolute Gasteiger partial charge is 0.135 e. The van der Waals surface area contributed by atoms with Crippen LogP contribution in [-0.4, -0.2) is 38.2 Å². The second-order valence-corrected chi connectivity index (χ2v) is 9.23. The van der Waals surface area contributed by atoms with Gasteiger partial charge in [0, 0.05) is 33.6 Å². The molecule has 0 atom stereocenters. The van der Waals surface area contributed by atoms with Gasteiger partial charge in [0.1, 0.15) is 11.2 Å². The summed E-state index contributed by atoms with van der Waals surface area (Å²) in [4.78, 5) is 15.7. The summed E-state index contributed by atoms with van der Waals surface area (Å²) in [6.45, 7) is 4.24. The third-order valence-corrected chi connectivity index (χ3v) is 6.97. The van der Waals surface area contributed by atoms with E-state index in [1.807, 2.05) is 12.3 Å². The van der Waals surface area contributed by atoms with Crippen LogP contribution in [0, 0.1) is 6.92 Å². The van der Waals surface area contributed by atoms with E-state index in [0.717, 1.165) is 64.9 Å². The molecule has 5 aromatic heterocycles. The maximum atomic E-state index is 5.03. The van der Waals surface area contributed by atoms with Gasteiger partial charge in [-0.3, -0.25) is 10.1 Å². The minimum atomic E-state index is 0.513. The van der Waals surface area contributed by atoms with Crippen molar-refractivity contribution >= 4 is 33.3 Å². The van der Waals surface area contributed by atoms with Crippen LogP contribution < -0.4 is 5.32 Å². The van der Waals surface area contributed by atoms with Crippen molar-refractivity contribution in [3.8, 4) is 22.0 Å². The van der Waals surface area contributed by atoms with Gasteiger partial charge in [-0.1, -0.05) is 0 Å². The number of rotatable bonds is 3. The monoisotopic (exact) mass is 414 g/mol. The number of hydrogen-bond acceptors (Lipinski definition) is 5. The van der Waals surface area contributed by atoms with Crippen molar-refractivity contribution in [1.82, 2.24) is 30.5 Å². The normalized spacial score (nSPS) is 15.4. The molecule has 6 rings (SSSR count). The third kappa shape index (κ3) is 2.93. The number of nitrogens with one attached hydrogen (secondary N) is 3. The predicted octanol–water partition coefficient (Wildman–Crippen LogP) is 5.01. The highest BCUT2D eigenvalue weighted by Crippen LogP contribution is 2.35. The Morgan fingerprint density at radius 2 is 1.90 bits per heavy atom. The van der Waals surface area contributed by atoms with Crippen LogP contribution in [0.1, 0.15) is 29.3 Å². The second kappa shape index (κ2) is 7.04. The molecule has 6 nitrogen and oxygen atoms in total. The Balaban J connectivity index is 1.47. The molecule has 6 heterocycles. The maximum absolute atomic E-state index is 5.03. The quantitative estimate of drug-likeness (QED) is 0.388. The van der Waals surface area contributed by atoms with E-state index in [4.69, 9.17) is 4.98 Å². The Bertz CT molecular complexity index is 1350. The van der Waals surface area contributed by atoms with Gasteiger partial charge in [0.2, 0.25) is 0 Å². The predicted molar refractivity (Wildman–Crippen MR) is 122 cm³/mol. The summed E-state index contributed by atoms with van der Waals surface area (Å²) in [6, 6.07) is 12.7. The number of fused-ring (bicyclic) bond motifs is 2. The van der Waals surface area contributed by atoms with Gasteiger partial charge in [-0.05, 0) is 69.3 Å². The first-order chi connectivity index (χ1) is 14.8. The molecular weight excluding hydrogens is 392 g/mol. The first-order valence-corrected chi connectivity index (χ1v) is 11.2. The Kier molecular flexibility index (Phi) is 4.17. The molecule has 0 aliphatic carbocycles. The number of nitrogens with zero attached hydrogens (tertiary/aromatic N) is 3. The number of hydrogen-bond donors (Lipinski definition) is 3. The number of thiophene rings is 1. The fourth-order valence-electron chi connectivity index (χ4n) is 4.39. The van der Waals surface area contributed by atoms with E-state index in [2.05, 4.69) is 62.7 Å². The SMILES string of the molecule is Cc1ccc(-c2nccc3[nH]c(-c4n[nH]c5ccc(C6CCNCC6)nc45)cc23)s1. The fraction of sp³-hybridized carbons (Fsp3) is 0.261. The molecule has 0 saturated carbocycles. The lowest BCUT2D eigenvalue weighted by molar-refractivity contribution is 0.454. The Hall–Kier alpha value is -3.03. The number of H-pyrrole nitrogens is 2. The van der Waals surface area contributed by atoms with Crippen molar-refractivity contribution in [2.75, 3.05) is 13.1 Å². The molecule has 5 aromatic rings. The molecule has 0 amide bonds. The molecular formula is C23H22N6S. The first-order valence-electron chi connectivity index (χ1n) is 10.4. The van der Waals surface area contributed by atoms with E-state index in [9.17, 15) is 0 Å². The number of aryl methyl sites for hydroxylation is 1. The van der Waals surface area contributed by atoms with Crippen molar-refractivity contribution in [3.63, 3.8) is 0 Å². The molecule has 150 valence electrons. The first kappa shape index (κ1) is 17.8. The largest absolute Gasteiger partial charge is 0.353 e. The summed E-state index contributed by atoms with van der Waals surface area (Å²) in [6.07, 6.45) is 4.13. The van der Waals surface area contributed by atoms with Crippen molar-refractivity contribution in [1.29, 1.82) is 0 Å². The summed E-state index contributed by atoms with van der Waals surface area (Å²) in [5, 5.41) is 12.3. The van der Waals surface area contributed by atoms with Crippen LogP contribution >= 0.6 is 11.3 Å². The summed E-state index contributed by atoms with van der Waals surface area (Å²) in [7, 11) is 0. The van der Waals surface area contributed by atoms with E-state index in [-0.39, 0.29) is 0 Å². The second-order valence-electron chi connectivity index (χ2n) is 7.94. The number of aromatic amines is 2. The maximum Gasteiger partial charge on any atom is 0.135 e. The standard InChI is InChI=1S/C23H22N6S/c1-13-2-5-20(30-13)21-15-12-19(26-17(15)8-11-25-21)23-22-18(28-29-23)4-3-16(27-22)14-6-9-24-10-7-14/h2-5,8,11-12,14,24,26H,6-7,9-10H2,1H3,(H,28,29). The summed E-state index contributed by atoms with van der Waals surface area (Å²) in [5.41, 5.74) is 6.97. The average Bonchev–Trinajstić information content (AvgIpc) is 3.51. The molecule has 30 heavy (non-hydrogen) atoms. The van der Waals surface area contributed by atoms with Gasteiger partial charge >= 0.3 is 0 Å². The fourth-order valence-corrected chi connectivity index (χ4v) is 5.26. The zero-order valence-electron chi connectivity index (χ0n) is 16.7. The zero-order valence-corrected chi connectivity index (χ0v) is 17.5.